The number of nitrogens with zero attached hydrogens (tertiary/aromatic N) is 1. The smallest absolute Gasteiger partial charge is 0.407 e. The molecule has 1 saturated heterocycles. The second kappa shape index (κ2) is 12.4. The van der Waals surface area contributed by atoms with Gasteiger partial charge in [0.25, 0.3) is 0 Å². The average molecular weight is 534 g/mol. The molecular weight excluding hydrogens is 502 g/mol. The summed E-state index contributed by atoms with van der Waals surface area (Å²) in [6.45, 7) is 0.676. The van der Waals surface area contributed by atoms with Crippen molar-refractivity contribution >= 4 is 35.1 Å². The molecule has 4 rings (SSSR count). The molecule has 0 radical (unpaired) electrons. The van der Waals surface area contributed by atoms with Crippen LogP contribution in [-0.2, 0) is 20.9 Å². The van der Waals surface area contributed by atoms with E-state index >= 15 is 0 Å². The number of hydrogen-bond acceptors (Lipinski definition) is 6. The van der Waals surface area contributed by atoms with Crippen molar-refractivity contribution in [3.05, 3.63) is 93.7 Å². The van der Waals surface area contributed by atoms with E-state index in [1.807, 2.05) is 66.7 Å². The van der Waals surface area contributed by atoms with Gasteiger partial charge >= 0.3 is 6.09 Å². The zero-order valence-electron chi connectivity index (χ0n) is 21.1. The van der Waals surface area contributed by atoms with E-state index in [9.17, 15) is 14.4 Å². The third-order valence-corrected chi connectivity index (χ3v) is 7.70. The number of methoxy groups -OCH3 is 1. The average Bonchev–Trinajstić information content (AvgIpc) is 3.62. The zero-order valence-corrected chi connectivity index (χ0v) is 21.9. The van der Waals surface area contributed by atoms with Gasteiger partial charge in [0.1, 0.15) is 17.9 Å². The number of thiophene rings is 1. The Morgan fingerprint density at radius 3 is 2.24 bits per heavy atom. The minimum Gasteiger partial charge on any atom is -0.453 e. The summed E-state index contributed by atoms with van der Waals surface area (Å²) >= 11 is 1.34. The number of nitrogen functional groups attached to an aromatic ring is 1. The zero-order chi connectivity index (χ0) is 27.1. The summed E-state index contributed by atoms with van der Waals surface area (Å²) < 4.78 is 4.87. The molecule has 2 aromatic carbocycles. The Morgan fingerprint density at radius 2 is 1.68 bits per heavy atom. The van der Waals surface area contributed by atoms with Gasteiger partial charge in [0.05, 0.1) is 18.5 Å². The number of carbonyl (C=O) groups is 3. The highest BCUT2D eigenvalue weighted by Gasteiger charge is 2.41. The third-order valence-electron chi connectivity index (χ3n) is 6.58. The normalized spacial score (nSPS) is 15.6. The summed E-state index contributed by atoms with van der Waals surface area (Å²) in [5, 5.41) is 13.2. The van der Waals surface area contributed by atoms with Crippen molar-refractivity contribution in [1.29, 1.82) is 5.41 Å². The topological polar surface area (TPSA) is 138 Å². The predicted molar refractivity (Wildman–Crippen MR) is 146 cm³/mol. The van der Waals surface area contributed by atoms with Gasteiger partial charge < -0.3 is 26.0 Å². The van der Waals surface area contributed by atoms with E-state index < -0.39 is 24.1 Å². The van der Waals surface area contributed by atoms with E-state index in [1.54, 1.807) is 11.0 Å². The lowest BCUT2D eigenvalue weighted by atomic mass is 9.84. The summed E-state index contributed by atoms with van der Waals surface area (Å²) in [7, 11) is 1.26. The quantitative estimate of drug-likeness (QED) is 0.247. The van der Waals surface area contributed by atoms with Crippen LogP contribution < -0.4 is 16.4 Å². The van der Waals surface area contributed by atoms with E-state index in [-0.39, 0.29) is 24.2 Å². The summed E-state index contributed by atoms with van der Waals surface area (Å²) in [4.78, 5) is 42.8. The van der Waals surface area contributed by atoms with Crippen LogP contribution in [0.2, 0.25) is 0 Å². The van der Waals surface area contributed by atoms with Gasteiger partial charge in [0.2, 0.25) is 11.8 Å². The maximum absolute atomic E-state index is 14.1. The van der Waals surface area contributed by atoms with Gasteiger partial charge in [-0.2, -0.15) is 0 Å². The highest BCUT2D eigenvalue weighted by molar-refractivity contribution is 7.14. The Kier molecular flexibility index (Phi) is 8.75. The summed E-state index contributed by atoms with van der Waals surface area (Å²) in [5.41, 5.74) is 7.25. The Morgan fingerprint density at radius 1 is 1.05 bits per heavy atom. The van der Waals surface area contributed by atoms with E-state index in [1.165, 1.54) is 18.4 Å². The molecule has 5 N–H and O–H groups in total. The number of ether oxygens (including phenoxy) is 1. The number of alkyl carbamates (subject to hydrolysis) is 1. The molecule has 1 aliphatic heterocycles. The van der Waals surface area contributed by atoms with Crippen molar-refractivity contribution in [2.24, 2.45) is 5.73 Å². The number of amides is 3. The molecule has 0 bridgehead atoms. The minimum absolute atomic E-state index is 0.0179. The van der Waals surface area contributed by atoms with Crippen molar-refractivity contribution in [2.75, 3.05) is 13.7 Å². The first-order valence-corrected chi connectivity index (χ1v) is 13.2. The van der Waals surface area contributed by atoms with Gasteiger partial charge in [0.15, 0.2) is 0 Å². The van der Waals surface area contributed by atoms with Gasteiger partial charge in [-0.15, -0.1) is 11.3 Å². The lowest BCUT2D eigenvalue weighted by Crippen LogP contribution is -2.55. The van der Waals surface area contributed by atoms with Gasteiger partial charge in [-0.05, 0) is 36.1 Å². The van der Waals surface area contributed by atoms with Crippen molar-refractivity contribution in [3.63, 3.8) is 0 Å². The van der Waals surface area contributed by atoms with Crippen LogP contribution in [0.1, 0.15) is 39.6 Å². The van der Waals surface area contributed by atoms with Crippen molar-refractivity contribution in [1.82, 2.24) is 15.5 Å². The van der Waals surface area contributed by atoms with E-state index in [4.69, 9.17) is 15.9 Å². The fourth-order valence-electron chi connectivity index (χ4n) is 4.76. The molecule has 1 fully saturated rings. The number of carbonyl (C=O) groups excluding carboxylic acids is 3. The van der Waals surface area contributed by atoms with Gasteiger partial charge in [-0.3, -0.25) is 15.0 Å². The SMILES string of the molecule is COC(=O)N[C@@H](C(=O)N1CCC[C@H]1C(=O)NCc1ccc(C(=N)N)s1)C(c1ccccc1)c1ccccc1. The Hall–Kier alpha value is -4.18. The lowest BCUT2D eigenvalue weighted by Gasteiger charge is -2.33. The molecule has 2 atom stereocenters. The van der Waals surface area contributed by atoms with Crippen LogP contribution >= 0.6 is 11.3 Å². The molecule has 3 aromatic rings. The minimum atomic E-state index is -0.990. The molecule has 38 heavy (non-hydrogen) atoms. The highest BCUT2D eigenvalue weighted by Crippen LogP contribution is 2.31. The molecule has 1 aliphatic rings. The largest absolute Gasteiger partial charge is 0.453 e. The van der Waals surface area contributed by atoms with Gasteiger partial charge in [0, 0.05) is 17.3 Å². The van der Waals surface area contributed by atoms with Gasteiger partial charge in [-0.1, -0.05) is 60.7 Å². The predicted octanol–water partition coefficient (Wildman–Crippen LogP) is 3.20. The van der Waals surface area contributed by atoms with E-state index in [0.717, 1.165) is 16.0 Å². The number of rotatable bonds is 9. The summed E-state index contributed by atoms with van der Waals surface area (Å²) in [5.74, 6) is -1.12. The maximum Gasteiger partial charge on any atom is 0.407 e. The Bertz CT molecular complexity index is 1240. The van der Waals surface area contributed by atoms with Crippen LogP contribution in [-0.4, -0.2) is 54.4 Å². The second-order valence-corrected chi connectivity index (χ2v) is 10.2. The number of hydrogen-bond donors (Lipinski definition) is 4. The number of benzene rings is 2. The maximum atomic E-state index is 14.1. The van der Waals surface area contributed by atoms with Crippen LogP contribution in [0.3, 0.4) is 0 Å². The van der Waals surface area contributed by atoms with Crippen molar-refractivity contribution in [2.45, 2.75) is 37.4 Å². The second-order valence-electron chi connectivity index (χ2n) is 9.00. The van der Waals surface area contributed by atoms with Crippen LogP contribution in [0.25, 0.3) is 0 Å². The molecule has 0 saturated carbocycles. The molecule has 10 heteroatoms. The number of nitrogens with one attached hydrogen (secondary N) is 3. The molecule has 3 amide bonds. The van der Waals surface area contributed by atoms with Crippen LogP contribution in [0.5, 0.6) is 0 Å². The number of likely N-dealkylation sites (tertiary alicyclic amines) is 1. The first-order valence-electron chi connectivity index (χ1n) is 12.3. The van der Waals surface area contributed by atoms with Gasteiger partial charge in [-0.25, -0.2) is 4.79 Å². The number of nitrogens with two attached hydrogens (primary N) is 1. The summed E-state index contributed by atoms with van der Waals surface area (Å²) in [6, 6.07) is 20.9. The molecule has 9 nitrogen and oxygen atoms in total. The van der Waals surface area contributed by atoms with Crippen molar-refractivity contribution in [3.8, 4) is 0 Å². The third kappa shape index (κ3) is 6.20. The molecule has 0 aliphatic carbocycles. The molecular formula is C28H31N5O4S. The lowest BCUT2D eigenvalue weighted by molar-refractivity contribution is -0.140. The molecule has 2 heterocycles. The van der Waals surface area contributed by atoms with Crippen molar-refractivity contribution < 1.29 is 19.1 Å². The highest BCUT2D eigenvalue weighted by atomic mass is 32.1. The molecule has 0 unspecified atom stereocenters. The Balaban J connectivity index is 1.59. The standard InChI is InChI=1S/C28H31N5O4S/c1-37-28(36)32-24(23(18-9-4-2-5-10-18)19-11-6-3-7-12-19)27(35)33-16-8-13-21(33)26(34)31-17-20-14-15-22(38-20)25(29)30/h2-7,9-12,14-15,21,23-24H,8,13,16-17H2,1H3,(H3,29,30)(H,31,34)(H,32,36)/t21-,24+/m0/s1. The number of amidine groups is 1. The van der Waals surface area contributed by atoms with E-state index in [0.29, 0.717) is 24.3 Å². The molecule has 1 aromatic heterocycles. The van der Waals surface area contributed by atoms with Crippen LogP contribution in [0.4, 0.5) is 4.79 Å². The summed E-state index contributed by atoms with van der Waals surface area (Å²) in [6.07, 6.45) is 0.468. The monoisotopic (exact) mass is 533 g/mol. The van der Waals surface area contributed by atoms with Crippen LogP contribution in [0, 0.1) is 5.41 Å². The Labute approximate surface area is 225 Å². The molecule has 0 spiro atoms. The first kappa shape index (κ1) is 26.9. The van der Waals surface area contributed by atoms with E-state index in [2.05, 4.69) is 10.6 Å². The fourth-order valence-corrected chi connectivity index (χ4v) is 5.57. The first-order chi connectivity index (χ1) is 18.4. The fraction of sp³-hybridized carbons (Fsp3) is 0.286. The van der Waals surface area contributed by atoms with Crippen LogP contribution in [0.15, 0.2) is 72.8 Å². The molecule has 198 valence electrons.